The second-order valence-electron chi connectivity index (χ2n) is 5.09. The molecule has 0 saturated heterocycles. The molecule has 1 radical (unpaired) electrons. The number of aliphatic hydroxyl groups is 1. The predicted molar refractivity (Wildman–Crippen MR) is 93.1 cm³/mol. The molecule has 0 unspecified atom stereocenters. The van der Waals surface area contributed by atoms with E-state index in [9.17, 15) is 4.79 Å². The van der Waals surface area contributed by atoms with Gasteiger partial charge in [0.1, 0.15) is 0 Å². The van der Waals surface area contributed by atoms with E-state index in [1.807, 2.05) is 36.4 Å². The zero-order chi connectivity index (χ0) is 16.7. The standard InChI is InChI=1S/C15H10N.C5H8O2.Ir/c1-2-6-13-11-14(9-8-12(13)5-1)15-7-3-4-10-16-15;1-4(6)3-5(2)7;/h1-8,10-11H;3,6H,1-2H3;/q-1;;/b;4-3-;. The van der Waals surface area contributed by atoms with Crippen LogP contribution in [-0.4, -0.2) is 15.9 Å². The minimum absolute atomic E-state index is 0. The van der Waals surface area contributed by atoms with E-state index in [1.54, 1.807) is 6.20 Å². The summed E-state index contributed by atoms with van der Waals surface area (Å²) in [5.41, 5.74) is 2.01. The second-order valence-corrected chi connectivity index (χ2v) is 5.09. The fourth-order valence-electron chi connectivity index (χ4n) is 2.09. The minimum Gasteiger partial charge on any atom is -0.512 e. The Morgan fingerprint density at radius 2 is 1.75 bits per heavy atom. The molecular weight excluding hydrogens is 478 g/mol. The molecule has 0 fully saturated rings. The van der Waals surface area contributed by atoms with Crippen LogP contribution in [-0.2, 0) is 24.9 Å². The summed E-state index contributed by atoms with van der Waals surface area (Å²) in [6.45, 7) is 2.85. The monoisotopic (exact) mass is 497 g/mol. The average molecular weight is 497 g/mol. The van der Waals surface area contributed by atoms with Crippen LogP contribution in [0.4, 0.5) is 0 Å². The molecule has 1 aromatic heterocycles. The van der Waals surface area contributed by atoms with Gasteiger partial charge in [0.05, 0.1) is 5.76 Å². The van der Waals surface area contributed by atoms with E-state index in [0.717, 1.165) is 11.3 Å². The number of carbonyl (C=O) groups excluding carboxylic acids is 1. The second kappa shape index (κ2) is 9.76. The molecule has 0 amide bonds. The Morgan fingerprint density at radius 1 is 1.08 bits per heavy atom. The van der Waals surface area contributed by atoms with Crippen molar-refractivity contribution in [3.8, 4) is 11.3 Å². The summed E-state index contributed by atoms with van der Waals surface area (Å²) in [4.78, 5) is 14.3. The Labute approximate surface area is 155 Å². The molecule has 0 spiro atoms. The number of ketones is 1. The predicted octanol–water partition coefficient (Wildman–Crippen LogP) is 4.74. The molecule has 0 atom stereocenters. The normalized spacial score (nSPS) is 10.3. The van der Waals surface area contributed by atoms with Gasteiger partial charge >= 0.3 is 0 Å². The molecule has 0 aliphatic rings. The van der Waals surface area contributed by atoms with Gasteiger partial charge in [0.2, 0.25) is 0 Å². The summed E-state index contributed by atoms with van der Waals surface area (Å²) in [6.07, 6.45) is 2.97. The summed E-state index contributed by atoms with van der Waals surface area (Å²) < 4.78 is 0. The molecule has 125 valence electrons. The molecule has 0 bridgehead atoms. The van der Waals surface area contributed by atoms with Crippen molar-refractivity contribution < 1.29 is 30.0 Å². The number of hydrogen-bond donors (Lipinski definition) is 1. The number of aromatic nitrogens is 1. The van der Waals surface area contributed by atoms with Crippen LogP contribution < -0.4 is 0 Å². The summed E-state index contributed by atoms with van der Waals surface area (Å²) in [5.74, 6) is -0.0625. The van der Waals surface area contributed by atoms with E-state index >= 15 is 0 Å². The van der Waals surface area contributed by atoms with Crippen molar-refractivity contribution in [2.24, 2.45) is 0 Å². The Hall–Kier alpha value is -2.29. The fraction of sp³-hybridized carbons (Fsp3) is 0.100. The number of pyridine rings is 1. The van der Waals surface area contributed by atoms with Gasteiger partial charge in [-0.1, -0.05) is 41.8 Å². The van der Waals surface area contributed by atoms with Crippen LogP contribution in [0.3, 0.4) is 0 Å². The molecule has 4 heteroatoms. The molecule has 0 aliphatic carbocycles. The van der Waals surface area contributed by atoms with Gasteiger partial charge in [-0.15, -0.1) is 29.1 Å². The van der Waals surface area contributed by atoms with E-state index in [4.69, 9.17) is 5.11 Å². The third-order valence-electron chi connectivity index (χ3n) is 3.03. The first-order chi connectivity index (χ1) is 11.1. The molecule has 3 rings (SSSR count). The molecule has 1 N–H and O–H groups in total. The number of allylic oxidation sites excluding steroid dienone is 2. The van der Waals surface area contributed by atoms with Gasteiger partial charge in [0.15, 0.2) is 5.78 Å². The molecule has 3 nitrogen and oxygen atoms in total. The van der Waals surface area contributed by atoms with Crippen LogP contribution in [0.5, 0.6) is 0 Å². The van der Waals surface area contributed by atoms with Crippen LogP contribution >= 0.6 is 0 Å². The number of benzene rings is 2. The summed E-state index contributed by atoms with van der Waals surface area (Å²) in [5, 5.41) is 10.8. The quantitative estimate of drug-likeness (QED) is 0.317. The molecule has 1 heterocycles. The molecule has 0 saturated carbocycles. The van der Waals surface area contributed by atoms with Crippen LogP contribution in [0.15, 0.2) is 72.6 Å². The SMILES string of the molecule is CC(=O)/C=C(/C)O.[Ir].[c-]1cc2ccccc2cc1-c1ccccn1. The van der Waals surface area contributed by atoms with Crippen molar-refractivity contribution in [2.75, 3.05) is 0 Å². The average Bonchev–Trinajstić information content (AvgIpc) is 2.54. The van der Waals surface area contributed by atoms with Gasteiger partial charge in [0, 0.05) is 32.4 Å². The van der Waals surface area contributed by atoms with E-state index < -0.39 is 0 Å². The minimum atomic E-state index is -0.125. The van der Waals surface area contributed by atoms with Crippen molar-refractivity contribution in [1.82, 2.24) is 4.98 Å². The van der Waals surface area contributed by atoms with Gasteiger partial charge in [-0.3, -0.25) is 4.79 Å². The number of fused-ring (bicyclic) bond motifs is 1. The Kier molecular flexibility index (Phi) is 8.03. The summed E-state index contributed by atoms with van der Waals surface area (Å²) in [7, 11) is 0. The maximum absolute atomic E-state index is 10.0. The zero-order valence-electron chi connectivity index (χ0n) is 13.5. The van der Waals surface area contributed by atoms with E-state index in [1.165, 1.54) is 30.7 Å². The topological polar surface area (TPSA) is 50.2 Å². The maximum atomic E-state index is 10.0. The first-order valence-electron chi connectivity index (χ1n) is 7.26. The van der Waals surface area contributed by atoms with Crippen molar-refractivity contribution in [2.45, 2.75) is 13.8 Å². The van der Waals surface area contributed by atoms with Crippen molar-refractivity contribution in [3.63, 3.8) is 0 Å². The van der Waals surface area contributed by atoms with Crippen LogP contribution in [0.25, 0.3) is 22.0 Å². The maximum Gasteiger partial charge on any atom is 0.155 e. The summed E-state index contributed by atoms with van der Waals surface area (Å²) >= 11 is 0. The third-order valence-corrected chi connectivity index (χ3v) is 3.03. The molecule has 2 aromatic carbocycles. The van der Waals surface area contributed by atoms with Crippen LogP contribution in [0.1, 0.15) is 13.8 Å². The van der Waals surface area contributed by atoms with E-state index in [-0.39, 0.29) is 31.6 Å². The number of aliphatic hydroxyl groups excluding tert-OH is 1. The Bertz CT molecular complexity index is 825. The number of hydrogen-bond acceptors (Lipinski definition) is 3. The first kappa shape index (κ1) is 19.8. The number of rotatable bonds is 2. The van der Waals surface area contributed by atoms with E-state index in [0.29, 0.717) is 0 Å². The third kappa shape index (κ3) is 6.07. The van der Waals surface area contributed by atoms with Gasteiger partial charge in [-0.25, -0.2) is 0 Å². The van der Waals surface area contributed by atoms with E-state index in [2.05, 4.69) is 29.2 Å². The van der Waals surface area contributed by atoms with Gasteiger partial charge in [-0.05, 0) is 25.6 Å². The first-order valence-corrected chi connectivity index (χ1v) is 7.26. The van der Waals surface area contributed by atoms with Crippen molar-refractivity contribution in [3.05, 3.63) is 78.7 Å². The molecule has 0 aliphatic heterocycles. The molecule has 24 heavy (non-hydrogen) atoms. The molecule has 3 aromatic rings. The summed E-state index contributed by atoms with van der Waals surface area (Å²) in [6, 6.07) is 21.6. The van der Waals surface area contributed by atoms with Crippen molar-refractivity contribution in [1.29, 1.82) is 0 Å². The fourth-order valence-corrected chi connectivity index (χ4v) is 2.09. The van der Waals surface area contributed by atoms with Gasteiger partial charge in [-0.2, -0.15) is 0 Å². The van der Waals surface area contributed by atoms with Gasteiger partial charge < -0.3 is 10.1 Å². The molecular formula is C20H18IrNO2-. The zero-order valence-corrected chi connectivity index (χ0v) is 15.9. The number of carbonyl (C=O) groups is 1. The van der Waals surface area contributed by atoms with Gasteiger partial charge in [0.25, 0.3) is 0 Å². The smallest absolute Gasteiger partial charge is 0.155 e. The largest absolute Gasteiger partial charge is 0.512 e. The number of nitrogens with zero attached hydrogens (tertiary/aromatic N) is 1. The van der Waals surface area contributed by atoms with Crippen LogP contribution in [0, 0.1) is 6.07 Å². The Balaban J connectivity index is 0.000000312. The Morgan fingerprint density at radius 3 is 2.29 bits per heavy atom. The van der Waals surface area contributed by atoms with Crippen molar-refractivity contribution >= 4 is 16.6 Å². The van der Waals surface area contributed by atoms with Crippen LogP contribution in [0.2, 0.25) is 0 Å².